The van der Waals surface area contributed by atoms with E-state index in [1.165, 1.54) is 12.4 Å². The van der Waals surface area contributed by atoms with Gasteiger partial charge in [0.1, 0.15) is 12.2 Å². The number of H-pyrrole nitrogens is 1. The molecule has 0 aliphatic carbocycles. The molecule has 1 heterocycles. The topological polar surface area (TPSA) is 70.7 Å². The summed E-state index contributed by atoms with van der Waals surface area (Å²) in [6.07, 6.45) is 6.41. The van der Waals surface area contributed by atoms with Gasteiger partial charge in [-0.2, -0.15) is 5.10 Å². The summed E-state index contributed by atoms with van der Waals surface area (Å²) in [7, 11) is 0. The maximum absolute atomic E-state index is 11.6. The first kappa shape index (κ1) is 14.5. The highest BCUT2D eigenvalue weighted by molar-refractivity contribution is 9.10. The van der Waals surface area contributed by atoms with Crippen LogP contribution in [0.15, 0.2) is 41.1 Å². The van der Waals surface area contributed by atoms with Crippen LogP contribution in [0.25, 0.3) is 6.08 Å². The standard InChI is InChI=1S/C14H15BrN4O/c15-12-6-3-11(4-7-12)5-8-14(20)16-9-1-2-13-17-10-18-19-13/h3-8,10H,1-2,9H2,(H,16,20)(H,17,18,19). The van der Waals surface area contributed by atoms with Crippen LogP contribution in [-0.4, -0.2) is 27.6 Å². The highest BCUT2D eigenvalue weighted by Gasteiger charge is 1.98. The average Bonchev–Trinajstić information content (AvgIpc) is 2.96. The van der Waals surface area contributed by atoms with Gasteiger partial charge in [0.05, 0.1) is 0 Å². The molecule has 0 bridgehead atoms. The van der Waals surface area contributed by atoms with Crippen LogP contribution < -0.4 is 5.32 Å². The molecule has 1 aromatic carbocycles. The molecule has 0 aliphatic heterocycles. The quantitative estimate of drug-likeness (QED) is 0.629. The molecular weight excluding hydrogens is 320 g/mol. The van der Waals surface area contributed by atoms with E-state index in [0.717, 1.165) is 28.7 Å². The number of rotatable bonds is 6. The molecule has 0 unspecified atom stereocenters. The summed E-state index contributed by atoms with van der Waals surface area (Å²) in [5.41, 5.74) is 0.991. The summed E-state index contributed by atoms with van der Waals surface area (Å²) in [5.74, 6) is 0.746. The van der Waals surface area contributed by atoms with E-state index in [2.05, 4.69) is 36.4 Å². The largest absolute Gasteiger partial charge is 0.353 e. The van der Waals surface area contributed by atoms with E-state index in [0.29, 0.717) is 6.54 Å². The zero-order chi connectivity index (χ0) is 14.2. The molecule has 1 aromatic heterocycles. The van der Waals surface area contributed by atoms with Crippen molar-refractivity contribution in [2.75, 3.05) is 6.54 Å². The minimum Gasteiger partial charge on any atom is -0.353 e. The Labute approximate surface area is 125 Å². The van der Waals surface area contributed by atoms with Crippen molar-refractivity contribution in [1.82, 2.24) is 20.5 Å². The van der Waals surface area contributed by atoms with Gasteiger partial charge in [-0.3, -0.25) is 9.89 Å². The molecule has 0 spiro atoms. The second kappa shape index (κ2) is 7.59. The van der Waals surface area contributed by atoms with Gasteiger partial charge in [0.25, 0.3) is 0 Å². The van der Waals surface area contributed by atoms with Gasteiger partial charge in [-0.1, -0.05) is 28.1 Å². The first-order valence-corrected chi connectivity index (χ1v) is 7.09. The fourth-order valence-corrected chi connectivity index (χ4v) is 1.89. The van der Waals surface area contributed by atoms with Crippen molar-refractivity contribution in [2.24, 2.45) is 0 Å². The van der Waals surface area contributed by atoms with E-state index < -0.39 is 0 Å². The van der Waals surface area contributed by atoms with Gasteiger partial charge in [-0.25, -0.2) is 4.98 Å². The number of aromatic amines is 1. The molecule has 2 N–H and O–H groups in total. The molecule has 0 atom stereocenters. The zero-order valence-corrected chi connectivity index (χ0v) is 12.4. The van der Waals surface area contributed by atoms with Crippen LogP contribution in [0.3, 0.4) is 0 Å². The van der Waals surface area contributed by atoms with Crippen LogP contribution in [0.2, 0.25) is 0 Å². The maximum Gasteiger partial charge on any atom is 0.243 e. The molecule has 2 rings (SSSR count). The summed E-state index contributed by atoms with van der Waals surface area (Å²) in [6, 6.07) is 7.76. The second-order valence-corrected chi connectivity index (χ2v) is 5.13. The van der Waals surface area contributed by atoms with Crippen LogP contribution in [0.4, 0.5) is 0 Å². The number of nitrogens with zero attached hydrogens (tertiary/aromatic N) is 2. The van der Waals surface area contributed by atoms with E-state index in [4.69, 9.17) is 0 Å². The Balaban J connectivity index is 1.68. The molecule has 0 radical (unpaired) electrons. The van der Waals surface area contributed by atoms with E-state index in [9.17, 15) is 4.79 Å². The van der Waals surface area contributed by atoms with E-state index in [1.807, 2.05) is 24.3 Å². The third kappa shape index (κ3) is 4.97. The first-order valence-electron chi connectivity index (χ1n) is 6.30. The molecule has 0 saturated heterocycles. The van der Waals surface area contributed by atoms with Crippen LogP contribution in [0, 0.1) is 0 Å². The van der Waals surface area contributed by atoms with Crippen LogP contribution in [0.5, 0.6) is 0 Å². The highest BCUT2D eigenvalue weighted by Crippen LogP contribution is 2.11. The van der Waals surface area contributed by atoms with Crippen LogP contribution in [-0.2, 0) is 11.2 Å². The van der Waals surface area contributed by atoms with Crippen LogP contribution in [0.1, 0.15) is 17.8 Å². The number of halogens is 1. The van der Waals surface area contributed by atoms with E-state index in [-0.39, 0.29) is 5.91 Å². The molecule has 2 aromatic rings. The molecule has 20 heavy (non-hydrogen) atoms. The lowest BCUT2D eigenvalue weighted by atomic mass is 10.2. The molecule has 6 heteroatoms. The average molecular weight is 335 g/mol. The Kier molecular flexibility index (Phi) is 5.49. The third-order valence-corrected chi connectivity index (χ3v) is 3.18. The minimum absolute atomic E-state index is 0.0921. The lowest BCUT2D eigenvalue weighted by molar-refractivity contribution is -0.116. The Bertz CT molecular complexity index is 563. The third-order valence-electron chi connectivity index (χ3n) is 2.65. The molecule has 1 amide bonds. The lowest BCUT2D eigenvalue weighted by Gasteiger charge is -2.00. The zero-order valence-electron chi connectivity index (χ0n) is 10.8. The predicted octanol–water partition coefficient (Wildman–Crippen LogP) is 2.33. The molecule has 0 aliphatic rings. The number of nitrogens with one attached hydrogen (secondary N) is 2. The Morgan fingerprint density at radius 1 is 1.35 bits per heavy atom. The molecular formula is C14H15BrN4O. The van der Waals surface area contributed by atoms with Gasteiger partial charge in [-0.05, 0) is 30.2 Å². The van der Waals surface area contributed by atoms with Gasteiger partial charge in [0.2, 0.25) is 5.91 Å². The van der Waals surface area contributed by atoms with Gasteiger partial charge < -0.3 is 5.32 Å². The highest BCUT2D eigenvalue weighted by atomic mass is 79.9. The van der Waals surface area contributed by atoms with Crippen molar-refractivity contribution in [3.63, 3.8) is 0 Å². The fourth-order valence-electron chi connectivity index (χ4n) is 1.62. The molecule has 0 saturated carbocycles. The number of benzene rings is 1. The van der Waals surface area contributed by atoms with E-state index >= 15 is 0 Å². The van der Waals surface area contributed by atoms with Crippen molar-refractivity contribution < 1.29 is 4.79 Å². The Morgan fingerprint density at radius 3 is 2.85 bits per heavy atom. The minimum atomic E-state index is -0.0921. The van der Waals surface area contributed by atoms with Crippen molar-refractivity contribution in [2.45, 2.75) is 12.8 Å². The molecule has 0 fully saturated rings. The molecule has 104 valence electrons. The lowest BCUT2D eigenvalue weighted by Crippen LogP contribution is -2.22. The van der Waals surface area contributed by atoms with Crippen molar-refractivity contribution >= 4 is 27.9 Å². The van der Waals surface area contributed by atoms with Crippen molar-refractivity contribution in [3.8, 4) is 0 Å². The number of carbonyl (C=O) groups excluding carboxylic acids is 1. The van der Waals surface area contributed by atoms with Gasteiger partial charge in [0.15, 0.2) is 0 Å². The van der Waals surface area contributed by atoms with Crippen molar-refractivity contribution in [3.05, 3.63) is 52.5 Å². The summed E-state index contributed by atoms with van der Waals surface area (Å²) in [6.45, 7) is 0.615. The Morgan fingerprint density at radius 2 is 2.15 bits per heavy atom. The summed E-state index contributed by atoms with van der Waals surface area (Å²) in [5, 5.41) is 9.38. The molecule has 5 nitrogen and oxygen atoms in total. The second-order valence-electron chi connectivity index (χ2n) is 4.21. The number of carbonyl (C=O) groups is 1. The predicted molar refractivity (Wildman–Crippen MR) is 80.9 cm³/mol. The summed E-state index contributed by atoms with van der Waals surface area (Å²) in [4.78, 5) is 15.6. The van der Waals surface area contributed by atoms with Gasteiger partial charge in [0, 0.05) is 23.5 Å². The first-order chi connectivity index (χ1) is 9.74. The number of hydrogen-bond donors (Lipinski definition) is 2. The van der Waals surface area contributed by atoms with Gasteiger partial charge >= 0.3 is 0 Å². The number of aryl methyl sites for hydroxylation is 1. The number of amides is 1. The number of aromatic nitrogens is 3. The monoisotopic (exact) mass is 334 g/mol. The normalized spacial score (nSPS) is 10.8. The number of hydrogen-bond acceptors (Lipinski definition) is 3. The van der Waals surface area contributed by atoms with Gasteiger partial charge in [-0.15, -0.1) is 0 Å². The summed E-state index contributed by atoms with van der Waals surface area (Å²) >= 11 is 3.37. The smallest absolute Gasteiger partial charge is 0.243 e. The Hall–Kier alpha value is -1.95. The van der Waals surface area contributed by atoms with Crippen molar-refractivity contribution in [1.29, 1.82) is 0 Å². The fraction of sp³-hybridized carbons (Fsp3) is 0.214. The SMILES string of the molecule is O=C(C=Cc1ccc(Br)cc1)NCCCc1ncn[nH]1. The maximum atomic E-state index is 11.6. The summed E-state index contributed by atoms with van der Waals surface area (Å²) < 4.78 is 1.02. The van der Waals surface area contributed by atoms with E-state index in [1.54, 1.807) is 6.08 Å². The van der Waals surface area contributed by atoms with Crippen LogP contribution >= 0.6 is 15.9 Å².